The van der Waals surface area contributed by atoms with Gasteiger partial charge in [0.05, 0.1) is 20.0 Å². The molecule has 1 aliphatic heterocycles. The van der Waals surface area contributed by atoms with Crippen molar-refractivity contribution in [3.8, 4) is 11.5 Å². The van der Waals surface area contributed by atoms with Crippen LogP contribution in [-0.4, -0.2) is 90.8 Å². The number of nitrogens with zero attached hydrogens (tertiary/aromatic N) is 5. The molecule has 218 valence electrons. The maximum absolute atomic E-state index is 13.1. The topological polar surface area (TPSA) is 88.1 Å². The number of aromatic nitrogens is 2. The standard InChI is InChI=1S/C29H40ClN5O4S/c1-20-18-34(14-15-35(20)28(37)22-8-6-5-7-9-22)26-17-25(30)31-29(32-26)40-19-27(36)33(2)13-12-21-10-11-23(38-3)24(16-21)39-4/h10-11,16-17,20,22H,5-9,12-15,18-19H2,1-4H3. The van der Waals surface area contributed by atoms with E-state index in [1.54, 1.807) is 32.2 Å². The SMILES string of the molecule is COc1ccc(CCN(C)C(=O)CSc2nc(Cl)cc(N3CCN(C(=O)C4CCCCC4)C(C)C3)n2)cc1OC. The highest BCUT2D eigenvalue weighted by Gasteiger charge is 2.33. The molecule has 0 radical (unpaired) electrons. The van der Waals surface area contributed by atoms with E-state index in [0.29, 0.717) is 60.3 Å². The summed E-state index contributed by atoms with van der Waals surface area (Å²) in [5.41, 5.74) is 1.06. The molecule has 0 bridgehead atoms. The minimum Gasteiger partial charge on any atom is -0.493 e. The third-order valence-corrected chi connectivity index (χ3v) is 8.81. The number of carbonyl (C=O) groups excluding carboxylic acids is 2. The Balaban J connectivity index is 1.29. The van der Waals surface area contributed by atoms with E-state index in [4.69, 9.17) is 26.1 Å². The fraction of sp³-hybridized carbons (Fsp3) is 0.586. The molecule has 1 aromatic carbocycles. The van der Waals surface area contributed by atoms with Crippen LogP contribution in [0, 0.1) is 5.92 Å². The number of benzene rings is 1. The summed E-state index contributed by atoms with van der Waals surface area (Å²) >= 11 is 7.64. The molecule has 2 aliphatic rings. The Morgan fingerprint density at radius 2 is 1.82 bits per heavy atom. The molecule has 9 nitrogen and oxygen atoms in total. The van der Waals surface area contributed by atoms with E-state index in [0.717, 1.165) is 37.1 Å². The average Bonchev–Trinajstić information content (AvgIpc) is 2.98. The number of piperazine rings is 1. The number of rotatable bonds is 10. The van der Waals surface area contributed by atoms with E-state index in [1.807, 2.05) is 23.1 Å². The number of hydrogen-bond acceptors (Lipinski definition) is 8. The number of methoxy groups -OCH3 is 2. The van der Waals surface area contributed by atoms with E-state index in [2.05, 4.69) is 16.8 Å². The Labute approximate surface area is 246 Å². The molecule has 1 saturated carbocycles. The lowest BCUT2D eigenvalue weighted by Crippen LogP contribution is -2.55. The molecule has 2 heterocycles. The number of hydrogen-bond donors (Lipinski definition) is 0. The molecular weight excluding hydrogens is 550 g/mol. The first-order chi connectivity index (χ1) is 19.3. The van der Waals surface area contributed by atoms with Gasteiger partial charge < -0.3 is 24.2 Å². The van der Waals surface area contributed by atoms with Crippen molar-refractivity contribution in [1.82, 2.24) is 19.8 Å². The molecule has 1 atom stereocenters. The van der Waals surface area contributed by atoms with Gasteiger partial charge in [0.15, 0.2) is 16.7 Å². The largest absolute Gasteiger partial charge is 0.493 e. The number of ether oxygens (including phenoxy) is 2. The molecule has 1 unspecified atom stereocenters. The van der Waals surface area contributed by atoms with Gasteiger partial charge in [-0.1, -0.05) is 48.7 Å². The third kappa shape index (κ3) is 7.72. The van der Waals surface area contributed by atoms with Crippen molar-refractivity contribution in [2.75, 3.05) is 58.1 Å². The Hall–Kier alpha value is -2.72. The van der Waals surface area contributed by atoms with Crippen molar-refractivity contribution in [2.45, 2.75) is 56.6 Å². The van der Waals surface area contributed by atoms with Crippen molar-refractivity contribution in [1.29, 1.82) is 0 Å². The number of amides is 2. The van der Waals surface area contributed by atoms with Gasteiger partial charge in [-0.15, -0.1) is 0 Å². The first-order valence-corrected chi connectivity index (χ1v) is 15.3. The Kier molecular flexibility index (Phi) is 10.8. The lowest BCUT2D eigenvalue weighted by Gasteiger charge is -2.42. The molecule has 1 aliphatic carbocycles. The first-order valence-electron chi connectivity index (χ1n) is 14.0. The maximum atomic E-state index is 13.1. The van der Waals surface area contributed by atoms with Crippen molar-refractivity contribution >= 4 is 41.0 Å². The number of anilines is 1. The molecule has 1 aromatic heterocycles. The smallest absolute Gasteiger partial charge is 0.232 e. The van der Waals surface area contributed by atoms with Crippen LogP contribution in [0.4, 0.5) is 5.82 Å². The first kappa shape index (κ1) is 30.2. The van der Waals surface area contributed by atoms with Crippen LogP contribution < -0.4 is 14.4 Å². The van der Waals surface area contributed by atoms with Gasteiger partial charge >= 0.3 is 0 Å². The maximum Gasteiger partial charge on any atom is 0.232 e. The molecule has 2 fully saturated rings. The predicted molar refractivity (Wildman–Crippen MR) is 159 cm³/mol. The van der Waals surface area contributed by atoms with Crippen LogP contribution in [-0.2, 0) is 16.0 Å². The minimum atomic E-state index is -0.0148. The van der Waals surface area contributed by atoms with Crippen LogP contribution in [0.15, 0.2) is 29.4 Å². The summed E-state index contributed by atoms with van der Waals surface area (Å²) in [6.45, 7) is 4.72. The summed E-state index contributed by atoms with van der Waals surface area (Å²) in [7, 11) is 5.01. The van der Waals surface area contributed by atoms with Crippen LogP contribution in [0.2, 0.25) is 5.15 Å². The van der Waals surface area contributed by atoms with E-state index in [-0.39, 0.29) is 23.6 Å². The van der Waals surface area contributed by atoms with Crippen LogP contribution >= 0.6 is 23.4 Å². The van der Waals surface area contributed by atoms with Gasteiger partial charge in [0.1, 0.15) is 11.0 Å². The highest BCUT2D eigenvalue weighted by molar-refractivity contribution is 7.99. The average molecular weight is 590 g/mol. The van der Waals surface area contributed by atoms with Crippen LogP contribution in [0.1, 0.15) is 44.6 Å². The van der Waals surface area contributed by atoms with Gasteiger partial charge in [-0.3, -0.25) is 9.59 Å². The van der Waals surface area contributed by atoms with Gasteiger partial charge in [-0.2, -0.15) is 0 Å². The summed E-state index contributed by atoms with van der Waals surface area (Å²) < 4.78 is 10.7. The van der Waals surface area contributed by atoms with Crippen LogP contribution in [0.5, 0.6) is 11.5 Å². The fourth-order valence-corrected chi connectivity index (χ4v) is 6.40. The number of likely N-dealkylation sites (N-methyl/N-ethyl adjacent to an activating group) is 1. The lowest BCUT2D eigenvalue weighted by molar-refractivity contribution is -0.139. The Morgan fingerprint density at radius 1 is 1.07 bits per heavy atom. The fourth-order valence-electron chi connectivity index (χ4n) is 5.38. The molecule has 1 saturated heterocycles. The molecular formula is C29H40ClN5O4S. The summed E-state index contributed by atoms with van der Waals surface area (Å²) in [5, 5.41) is 0.813. The second-order valence-electron chi connectivity index (χ2n) is 10.5. The second-order valence-corrected chi connectivity index (χ2v) is 11.9. The quantitative estimate of drug-likeness (QED) is 0.226. The van der Waals surface area contributed by atoms with Crippen molar-refractivity contribution in [3.05, 3.63) is 35.0 Å². The molecule has 11 heteroatoms. The normalized spacial score (nSPS) is 18.0. The van der Waals surface area contributed by atoms with E-state index < -0.39 is 0 Å². The molecule has 40 heavy (non-hydrogen) atoms. The molecule has 4 rings (SSSR count). The monoisotopic (exact) mass is 589 g/mol. The zero-order chi connectivity index (χ0) is 28.6. The van der Waals surface area contributed by atoms with E-state index in [1.165, 1.54) is 18.2 Å². The summed E-state index contributed by atoms with van der Waals surface area (Å²) in [5.74, 6) is 2.75. The van der Waals surface area contributed by atoms with Crippen LogP contribution in [0.25, 0.3) is 0 Å². The molecule has 2 aromatic rings. The van der Waals surface area contributed by atoms with Gasteiger partial charge in [0, 0.05) is 51.3 Å². The second kappa shape index (κ2) is 14.3. The minimum absolute atomic E-state index is 0.0148. The van der Waals surface area contributed by atoms with E-state index >= 15 is 0 Å². The highest BCUT2D eigenvalue weighted by atomic mass is 35.5. The van der Waals surface area contributed by atoms with Crippen molar-refractivity contribution in [3.63, 3.8) is 0 Å². The number of halogens is 1. The van der Waals surface area contributed by atoms with Crippen LogP contribution in [0.3, 0.4) is 0 Å². The zero-order valence-electron chi connectivity index (χ0n) is 23.9. The van der Waals surface area contributed by atoms with Gasteiger partial charge in [0.2, 0.25) is 11.8 Å². The predicted octanol–water partition coefficient (Wildman–Crippen LogP) is 4.56. The summed E-state index contributed by atoms with van der Waals surface area (Å²) in [4.78, 5) is 40.9. The lowest BCUT2D eigenvalue weighted by atomic mass is 9.88. The van der Waals surface area contributed by atoms with Crippen molar-refractivity contribution in [2.24, 2.45) is 5.92 Å². The molecule has 0 N–H and O–H groups in total. The highest BCUT2D eigenvalue weighted by Crippen LogP contribution is 2.29. The molecule has 2 amide bonds. The Morgan fingerprint density at radius 3 is 2.52 bits per heavy atom. The zero-order valence-corrected chi connectivity index (χ0v) is 25.5. The molecule has 0 spiro atoms. The summed E-state index contributed by atoms with van der Waals surface area (Å²) in [6, 6.07) is 7.62. The number of carbonyl (C=O) groups is 2. The van der Waals surface area contributed by atoms with E-state index in [9.17, 15) is 9.59 Å². The van der Waals surface area contributed by atoms with Gasteiger partial charge in [-0.25, -0.2) is 9.97 Å². The van der Waals surface area contributed by atoms with Crippen molar-refractivity contribution < 1.29 is 19.1 Å². The number of thioether (sulfide) groups is 1. The summed E-state index contributed by atoms with van der Waals surface area (Å²) in [6.07, 6.45) is 6.26. The van der Waals surface area contributed by atoms with Gasteiger partial charge in [-0.05, 0) is 43.9 Å². The van der Waals surface area contributed by atoms with Gasteiger partial charge in [0.25, 0.3) is 0 Å². The third-order valence-electron chi connectivity index (χ3n) is 7.78. The Bertz CT molecular complexity index is 1180.